The maximum Gasteiger partial charge on any atom is 0.243 e. The number of anilines is 2. The topological polar surface area (TPSA) is 84.7 Å². The molecule has 0 saturated carbocycles. The number of nitrogens with zero attached hydrogens (tertiary/aromatic N) is 1. The third kappa shape index (κ3) is 4.69. The zero-order valence-electron chi connectivity index (χ0n) is 12.6. The number of hydrogen-bond acceptors (Lipinski definition) is 4. The molecule has 3 N–H and O–H groups in total. The molecule has 1 aliphatic heterocycles. The van der Waals surface area contributed by atoms with Crippen molar-refractivity contribution in [3.63, 3.8) is 0 Å². The van der Waals surface area contributed by atoms with Crippen LogP contribution in [0.15, 0.2) is 24.3 Å². The molecule has 1 aromatic carbocycles. The number of rotatable bonds is 5. The lowest BCUT2D eigenvalue weighted by Crippen LogP contribution is -2.39. The van der Waals surface area contributed by atoms with Crippen LogP contribution in [0.4, 0.5) is 11.4 Å². The minimum absolute atomic E-state index is 0. The molecule has 0 spiro atoms. The van der Waals surface area contributed by atoms with Crippen LogP contribution in [0.1, 0.15) is 19.3 Å². The molecule has 0 aliphatic carbocycles. The van der Waals surface area contributed by atoms with Gasteiger partial charge in [0.25, 0.3) is 0 Å². The summed E-state index contributed by atoms with van der Waals surface area (Å²) in [4.78, 5) is 25.5. The predicted octanol–water partition coefficient (Wildman–Crippen LogP) is 1.54. The van der Waals surface area contributed by atoms with Gasteiger partial charge in [-0.05, 0) is 31.0 Å². The number of carbonyl (C=O) groups excluding carboxylic acids is 2. The number of amides is 2. The standard InChI is InChI=1S/C15H21N3O3.ClH/c1-21-10-13(16)15(20)17-11-5-4-6-12(9-11)18-8-3-2-7-14(18)19;/h4-6,9,13H,2-3,7-8,10,16H2,1H3,(H,17,20);1H. The second-order valence-corrected chi connectivity index (χ2v) is 5.10. The smallest absolute Gasteiger partial charge is 0.243 e. The quantitative estimate of drug-likeness (QED) is 0.859. The molecule has 0 radical (unpaired) electrons. The maximum atomic E-state index is 11.9. The molecule has 1 atom stereocenters. The molecule has 1 aromatic rings. The summed E-state index contributed by atoms with van der Waals surface area (Å²) in [7, 11) is 1.50. The summed E-state index contributed by atoms with van der Waals surface area (Å²) in [5.41, 5.74) is 7.11. The first-order valence-electron chi connectivity index (χ1n) is 7.07. The van der Waals surface area contributed by atoms with Gasteiger partial charge in [-0.3, -0.25) is 9.59 Å². The minimum Gasteiger partial charge on any atom is -0.383 e. The summed E-state index contributed by atoms with van der Waals surface area (Å²) >= 11 is 0. The fraction of sp³-hybridized carbons (Fsp3) is 0.467. The van der Waals surface area contributed by atoms with Gasteiger partial charge >= 0.3 is 0 Å². The average Bonchev–Trinajstić information content (AvgIpc) is 2.48. The molecular weight excluding hydrogens is 306 g/mol. The fourth-order valence-corrected chi connectivity index (χ4v) is 2.32. The van der Waals surface area contributed by atoms with Crippen molar-refractivity contribution >= 4 is 35.6 Å². The Morgan fingerprint density at radius 3 is 2.91 bits per heavy atom. The van der Waals surface area contributed by atoms with Crippen molar-refractivity contribution in [1.82, 2.24) is 0 Å². The molecule has 22 heavy (non-hydrogen) atoms. The lowest BCUT2D eigenvalue weighted by atomic mass is 10.1. The molecule has 7 heteroatoms. The van der Waals surface area contributed by atoms with Gasteiger partial charge in [0, 0.05) is 31.5 Å². The first-order valence-corrected chi connectivity index (χ1v) is 7.07. The van der Waals surface area contributed by atoms with E-state index in [1.54, 1.807) is 17.0 Å². The molecule has 1 aliphatic rings. The number of nitrogens with one attached hydrogen (secondary N) is 1. The van der Waals surface area contributed by atoms with Gasteiger partial charge in [-0.1, -0.05) is 6.07 Å². The summed E-state index contributed by atoms with van der Waals surface area (Å²) < 4.78 is 4.86. The van der Waals surface area contributed by atoms with Crippen molar-refractivity contribution in [3.8, 4) is 0 Å². The van der Waals surface area contributed by atoms with E-state index in [1.165, 1.54) is 7.11 Å². The van der Waals surface area contributed by atoms with E-state index in [2.05, 4.69) is 5.32 Å². The Labute approximate surface area is 136 Å². The lowest BCUT2D eigenvalue weighted by molar-refractivity contribution is -0.119. The molecule has 122 valence electrons. The lowest BCUT2D eigenvalue weighted by Gasteiger charge is -2.27. The Hall–Kier alpha value is -1.63. The SMILES string of the molecule is COCC(N)C(=O)Nc1cccc(N2CCCCC2=O)c1.Cl. The van der Waals surface area contributed by atoms with E-state index in [0.717, 1.165) is 25.1 Å². The highest BCUT2D eigenvalue weighted by atomic mass is 35.5. The molecule has 6 nitrogen and oxygen atoms in total. The maximum absolute atomic E-state index is 11.9. The Bertz CT molecular complexity index is 525. The van der Waals surface area contributed by atoms with Gasteiger partial charge < -0.3 is 20.7 Å². The second kappa shape index (κ2) is 8.73. The van der Waals surface area contributed by atoms with Gasteiger partial charge in [-0.2, -0.15) is 0 Å². The van der Waals surface area contributed by atoms with Gasteiger partial charge in [0.2, 0.25) is 11.8 Å². The Morgan fingerprint density at radius 2 is 2.23 bits per heavy atom. The highest BCUT2D eigenvalue weighted by molar-refractivity contribution is 5.97. The Balaban J connectivity index is 0.00000242. The van der Waals surface area contributed by atoms with Crippen molar-refractivity contribution in [1.29, 1.82) is 0 Å². The summed E-state index contributed by atoms with van der Waals surface area (Å²) in [6.07, 6.45) is 2.52. The van der Waals surface area contributed by atoms with E-state index in [9.17, 15) is 9.59 Å². The predicted molar refractivity (Wildman–Crippen MR) is 88.4 cm³/mol. The molecule has 1 heterocycles. The van der Waals surface area contributed by atoms with E-state index in [-0.39, 0.29) is 30.8 Å². The van der Waals surface area contributed by atoms with Gasteiger partial charge in [-0.25, -0.2) is 0 Å². The van der Waals surface area contributed by atoms with Crippen LogP contribution in [-0.4, -0.2) is 38.1 Å². The second-order valence-electron chi connectivity index (χ2n) is 5.10. The highest BCUT2D eigenvalue weighted by Crippen LogP contribution is 2.23. The number of benzene rings is 1. The van der Waals surface area contributed by atoms with Gasteiger partial charge in [0.15, 0.2) is 0 Å². The minimum atomic E-state index is -0.713. The Kier molecular flexibility index (Phi) is 7.31. The van der Waals surface area contributed by atoms with Crippen molar-refractivity contribution in [3.05, 3.63) is 24.3 Å². The molecule has 1 fully saturated rings. The number of hydrogen-bond donors (Lipinski definition) is 2. The fourth-order valence-electron chi connectivity index (χ4n) is 2.32. The Morgan fingerprint density at radius 1 is 1.45 bits per heavy atom. The van der Waals surface area contributed by atoms with Crippen molar-refractivity contribution in [2.45, 2.75) is 25.3 Å². The van der Waals surface area contributed by atoms with Crippen LogP contribution >= 0.6 is 12.4 Å². The van der Waals surface area contributed by atoms with Crippen LogP contribution in [0, 0.1) is 0 Å². The normalized spacial score (nSPS) is 15.9. The van der Waals surface area contributed by atoms with Crippen LogP contribution in [0.5, 0.6) is 0 Å². The van der Waals surface area contributed by atoms with Crippen LogP contribution in [0.25, 0.3) is 0 Å². The van der Waals surface area contributed by atoms with Crippen molar-refractivity contribution in [2.75, 3.05) is 30.5 Å². The number of halogens is 1. The number of nitrogens with two attached hydrogens (primary N) is 1. The summed E-state index contributed by atoms with van der Waals surface area (Å²) in [6.45, 7) is 0.884. The van der Waals surface area contributed by atoms with E-state index >= 15 is 0 Å². The van der Waals surface area contributed by atoms with Gasteiger partial charge in [0.05, 0.1) is 6.61 Å². The third-order valence-electron chi connectivity index (χ3n) is 3.43. The number of piperidine rings is 1. The summed E-state index contributed by atoms with van der Waals surface area (Å²) in [5, 5.41) is 2.74. The zero-order chi connectivity index (χ0) is 15.2. The first kappa shape index (κ1) is 18.4. The van der Waals surface area contributed by atoms with Gasteiger partial charge in [0.1, 0.15) is 6.04 Å². The van der Waals surface area contributed by atoms with E-state index < -0.39 is 6.04 Å². The third-order valence-corrected chi connectivity index (χ3v) is 3.43. The molecule has 1 saturated heterocycles. The van der Waals surface area contributed by atoms with E-state index in [0.29, 0.717) is 12.1 Å². The van der Waals surface area contributed by atoms with Crippen molar-refractivity contribution < 1.29 is 14.3 Å². The molecule has 2 rings (SSSR count). The summed E-state index contributed by atoms with van der Waals surface area (Å²) in [6, 6.07) is 6.54. The number of ether oxygens (including phenoxy) is 1. The largest absolute Gasteiger partial charge is 0.383 e. The van der Waals surface area contributed by atoms with Crippen LogP contribution in [-0.2, 0) is 14.3 Å². The van der Waals surface area contributed by atoms with Crippen LogP contribution in [0.3, 0.4) is 0 Å². The van der Waals surface area contributed by atoms with Crippen LogP contribution in [0.2, 0.25) is 0 Å². The zero-order valence-corrected chi connectivity index (χ0v) is 13.4. The molecule has 1 unspecified atom stereocenters. The summed E-state index contributed by atoms with van der Waals surface area (Å²) in [5.74, 6) is -0.181. The number of methoxy groups -OCH3 is 1. The van der Waals surface area contributed by atoms with Gasteiger partial charge in [-0.15, -0.1) is 12.4 Å². The molecule has 2 amide bonds. The molecule has 0 aromatic heterocycles. The average molecular weight is 328 g/mol. The monoisotopic (exact) mass is 327 g/mol. The molecular formula is C15H22ClN3O3. The number of carbonyl (C=O) groups is 2. The first-order chi connectivity index (χ1) is 10.1. The van der Waals surface area contributed by atoms with E-state index in [4.69, 9.17) is 10.5 Å². The molecule has 0 bridgehead atoms. The van der Waals surface area contributed by atoms with Crippen LogP contribution < -0.4 is 16.0 Å². The van der Waals surface area contributed by atoms with E-state index in [1.807, 2.05) is 12.1 Å². The highest BCUT2D eigenvalue weighted by Gasteiger charge is 2.20. The van der Waals surface area contributed by atoms with Crippen molar-refractivity contribution in [2.24, 2.45) is 5.73 Å².